The third kappa shape index (κ3) is 3.39. The molecule has 0 spiro atoms. The first-order valence-electron chi connectivity index (χ1n) is 9.65. The van der Waals surface area contributed by atoms with Crippen molar-refractivity contribution >= 4 is 21.8 Å². The van der Waals surface area contributed by atoms with Gasteiger partial charge in [0.1, 0.15) is 0 Å². The van der Waals surface area contributed by atoms with Crippen LogP contribution in [0.2, 0.25) is 0 Å². The number of likely N-dealkylation sites (N-methyl/N-ethyl adjacent to an activating group) is 1. The third-order valence-electron chi connectivity index (χ3n) is 5.58. The summed E-state index contributed by atoms with van der Waals surface area (Å²) in [6.07, 6.45) is 2.32. The van der Waals surface area contributed by atoms with Crippen LogP contribution in [0.4, 0.5) is 0 Å². The SMILES string of the molecule is CN1CCN(CCCCn2c3ccccc3c(=O)c3ccccc32)CC1. The molecule has 4 rings (SSSR count). The van der Waals surface area contributed by atoms with Crippen LogP contribution in [0.1, 0.15) is 12.8 Å². The lowest BCUT2D eigenvalue weighted by Crippen LogP contribution is -2.44. The van der Waals surface area contributed by atoms with E-state index in [1.165, 1.54) is 39.1 Å². The van der Waals surface area contributed by atoms with Crippen LogP contribution in [0.15, 0.2) is 53.3 Å². The maximum atomic E-state index is 12.8. The fraction of sp³-hybridized carbons (Fsp3) is 0.409. The van der Waals surface area contributed by atoms with Gasteiger partial charge in [-0.05, 0) is 50.7 Å². The molecule has 0 saturated carbocycles. The van der Waals surface area contributed by atoms with Crippen LogP contribution in [0, 0.1) is 0 Å². The van der Waals surface area contributed by atoms with E-state index >= 15 is 0 Å². The molecule has 0 N–H and O–H groups in total. The molecule has 2 aromatic carbocycles. The molecule has 0 aliphatic carbocycles. The van der Waals surface area contributed by atoms with Crippen molar-refractivity contribution in [1.29, 1.82) is 0 Å². The first-order chi connectivity index (χ1) is 12.7. The second-order valence-electron chi connectivity index (χ2n) is 7.37. The topological polar surface area (TPSA) is 28.5 Å². The average Bonchev–Trinajstić information content (AvgIpc) is 2.69. The van der Waals surface area contributed by atoms with Crippen molar-refractivity contribution < 1.29 is 0 Å². The summed E-state index contributed by atoms with van der Waals surface area (Å²) in [5, 5.41) is 1.65. The largest absolute Gasteiger partial charge is 0.340 e. The molecule has 0 atom stereocenters. The molecule has 1 saturated heterocycles. The van der Waals surface area contributed by atoms with Gasteiger partial charge in [-0.2, -0.15) is 0 Å². The van der Waals surface area contributed by atoms with Gasteiger partial charge in [0.2, 0.25) is 0 Å². The maximum absolute atomic E-state index is 12.8. The number of unbranched alkanes of at least 4 members (excludes halogenated alkanes) is 1. The Morgan fingerprint density at radius 2 is 1.31 bits per heavy atom. The highest BCUT2D eigenvalue weighted by Crippen LogP contribution is 2.20. The van der Waals surface area contributed by atoms with Crippen molar-refractivity contribution in [2.45, 2.75) is 19.4 Å². The number of hydrogen-bond donors (Lipinski definition) is 0. The predicted octanol–water partition coefficient (Wildman–Crippen LogP) is 3.18. The fourth-order valence-electron chi connectivity index (χ4n) is 3.99. The molecule has 4 nitrogen and oxygen atoms in total. The lowest BCUT2D eigenvalue weighted by Gasteiger charge is -2.32. The summed E-state index contributed by atoms with van der Waals surface area (Å²) in [6, 6.07) is 16.0. The number of para-hydroxylation sites is 2. The second kappa shape index (κ2) is 7.60. The lowest BCUT2D eigenvalue weighted by molar-refractivity contribution is 0.152. The Kier molecular flexibility index (Phi) is 5.05. The lowest BCUT2D eigenvalue weighted by atomic mass is 10.1. The normalized spacial score (nSPS) is 16.5. The van der Waals surface area contributed by atoms with Crippen LogP contribution in [-0.2, 0) is 6.54 Å². The Morgan fingerprint density at radius 3 is 1.92 bits per heavy atom. The molecule has 0 unspecified atom stereocenters. The molecule has 1 fully saturated rings. The summed E-state index contributed by atoms with van der Waals surface area (Å²) in [7, 11) is 2.20. The van der Waals surface area contributed by atoms with E-state index in [1.54, 1.807) is 0 Å². The smallest absolute Gasteiger partial charge is 0.197 e. The highest BCUT2D eigenvalue weighted by atomic mass is 16.1. The van der Waals surface area contributed by atoms with E-state index in [9.17, 15) is 4.79 Å². The number of aromatic nitrogens is 1. The number of piperazine rings is 1. The van der Waals surface area contributed by atoms with Crippen molar-refractivity contribution in [2.75, 3.05) is 39.8 Å². The minimum Gasteiger partial charge on any atom is -0.340 e. The minimum atomic E-state index is 0.143. The van der Waals surface area contributed by atoms with Gasteiger partial charge in [0.25, 0.3) is 0 Å². The Balaban J connectivity index is 1.54. The van der Waals surface area contributed by atoms with Crippen molar-refractivity contribution in [1.82, 2.24) is 14.4 Å². The zero-order valence-electron chi connectivity index (χ0n) is 15.5. The highest BCUT2D eigenvalue weighted by molar-refractivity contribution is 5.93. The summed E-state index contributed by atoms with van der Waals surface area (Å²) in [4.78, 5) is 17.7. The number of rotatable bonds is 5. The zero-order chi connectivity index (χ0) is 17.9. The first-order valence-corrected chi connectivity index (χ1v) is 9.65. The number of hydrogen-bond acceptors (Lipinski definition) is 3. The van der Waals surface area contributed by atoms with Gasteiger partial charge in [-0.15, -0.1) is 0 Å². The summed E-state index contributed by atoms with van der Waals surface area (Å²) in [6.45, 7) is 6.84. The van der Waals surface area contributed by atoms with Gasteiger partial charge in [-0.1, -0.05) is 24.3 Å². The number of pyridine rings is 1. The summed E-state index contributed by atoms with van der Waals surface area (Å²) in [5.41, 5.74) is 2.25. The van der Waals surface area contributed by atoms with E-state index in [2.05, 4.69) is 33.5 Å². The van der Waals surface area contributed by atoms with E-state index in [0.29, 0.717) is 0 Å². The van der Waals surface area contributed by atoms with Crippen LogP contribution in [-0.4, -0.2) is 54.1 Å². The molecule has 0 radical (unpaired) electrons. The molecule has 0 bridgehead atoms. The van der Waals surface area contributed by atoms with Crippen LogP contribution >= 0.6 is 0 Å². The molecular weight excluding hydrogens is 322 g/mol. The van der Waals surface area contributed by atoms with E-state index in [-0.39, 0.29) is 5.43 Å². The molecular formula is C22H27N3O. The van der Waals surface area contributed by atoms with Crippen LogP contribution < -0.4 is 5.43 Å². The van der Waals surface area contributed by atoms with Gasteiger partial charge in [-0.3, -0.25) is 4.79 Å². The number of fused-ring (bicyclic) bond motifs is 2. The summed E-state index contributed by atoms with van der Waals surface area (Å²) in [5.74, 6) is 0. The van der Waals surface area contributed by atoms with Gasteiger partial charge in [0.05, 0.1) is 11.0 Å². The molecule has 1 aromatic heterocycles. The third-order valence-corrected chi connectivity index (χ3v) is 5.58. The van der Waals surface area contributed by atoms with Gasteiger partial charge in [0.15, 0.2) is 5.43 Å². The molecule has 2 heterocycles. The highest BCUT2D eigenvalue weighted by Gasteiger charge is 2.13. The van der Waals surface area contributed by atoms with Crippen molar-refractivity contribution in [3.63, 3.8) is 0 Å². The van der Waals surface area contributed by atoms with E-state index in [0.717, 1.165) is 34.8 Å². The minimum absolute atomic E-state index is 0.143. The van der Waals surface area contributed by atoms with Crippen molar-refractivity contribution in [3.05, 3.63) is 58.8 Å². The molecule has 1 aliphatic rings. The maximum Gasteiger partial charge on any atom is 0.197 e. The zero-order valence-corrected chi connectivity index (χ0v) is 15.5. The van der Waals surface area contributed by atoms with Gasteiger partial charge in [-0.25, -0.2) is 0 Å². The Hall–Kier alpha value is -2.17. The van der Waals surface area contributed by atoms with Crippen molar-refractivity contribution in [2.24, 2.45) is 0 Å². The number of aryl methyl sites for hydroxylation is 1. The predicted molar refractivity (Wildman–Crippen MR) is 109 cm³/mol. The van der Waals surface area contributed by atoms with Crippen LogP contribution in [0.5, 0.6) is 0 Å². The van der Waals surface area contributed by atoms with Crippen LogP contribution in [0.25, 0.3) is 21.8 Å². The molecule has 3 aromatic rings. The quantitative estimate of drug-likeness (QED) is 0.523. The molecule has 1 aliphatic heterocycles. The standard InChI is InChI=1S/C22H27N3O/c1-23-14-16-24(17-15-23)12-6-7-13-25-20-10-4-2-8-18(20)22(26)19-9-3-5-11-21(19)25/h2-5,8-11H,6-7,12-17H2,1H3. The average molecular weight is 349 g/mol. The van der Waals surface area contributed by atoms with Gasteiger partial charge >= 0.3 is 0 Å². The van der Waals surface area contributed by atoms with Gasteiger partial charge in [0, 0.05) is 43.5 Å². The second-order valence-corrected chi connectivity index (χ2v) is 7.37. The Morgan fingerprint density at radius 1 is 0.769 bits per heavy atom. The van der Waals surface area contributed by atoms with E-state index in [1.807, 2.05) is 36.4 Å². The monoisotopic (exact) mass is 349 g/mol. The Bertz CT molecular complexity index is 894. The summed E-state index contributed by atoms with van der Waals surface area (Å²) < 4.78 is 2.33. The summed E-state index contributed by atoms with van der Waals surface area (Å²) >= 11 is 0. The van der Waals surface area contributed by atoms with E-state index < -0.39 is 0 Å². The Labute approximate surface area is 154 Å². The number of benzene rings is 2. The molecule has 0 amide bonds. The molecule has 4 heteroatoms. The van der Waals surface area contributed by atoms with Gasteiger partial charge < -0.3 is 14.4 Å². The molecule has 26 heavy (non-hydrogen) atoms. The van der Waals surface area contributed by atoms with Crippen LogP contribution in [0.3, 0.4) is 0 Å². The fourth-order valence-corrected chi connectivity index (χ4v) is 3.99. The first kappa shape index (κ1) is 17.3. The number of nitrogens with zero attached hydrogens (tertiary/aromatic N) is 3. The van der Waals surface area contributed by atoms with E-state index in [4.69, 9.17) is 0 Å². The molecule has 136 valence electrons. The van der Waals surface area contributed by atoms with Crippen molar-refractivity contribution in [3.8, 4) is 0 Å².